The van der Waals surface area contributed by atoms with E-state index in [1.54, 1.807) is 0 Å². The molecule has 0 spiro atoms. The van der Waals surface area contributed by atoms with E-state index in [2.05, 4.69) is 49.6 Å². The molecular formula is C19H24N2OS. The van der Waals surface area contributed by atoms with Crippen molar-refractivity contribution in [1.29, 1.82) is 0 Å². The highest BCUT2D eigenvalue weighted by Gasteiger charge is 2.11. The number of para-hydroxylation sites is 2. The standard InChI is InChI=1S/C19H24N2OS/c1-5-22-18-9-7-6-8-17(18)21-19(23)20-15(4)16-11-10-13(2)12-14(16)3/h6-12,15H,5H2,1-4H3,(H2,20,21,23)/t15-/m0/s1. The maximum atomic E-state index is 5.61. The molecular weight excluding hydrogens is 304 g/mol. The molecule has 4 heteroatoms. The number of thiocarbonyl (C=S) groups is 1. The summed E-state index contributed by atoms with van der Waals surface area (Å²) in [5, 5.41) is 7.15. The highest BCUT2D eigenvalue weighted by Crippen LogP contribution is 2.24. The summed E-state index contributed by atoms with van der Waals surface area (Å²) in [6.45, 7) is 8.93. The largest absolute Gasteiger partial charge is 0.492 e. The fraction of sp³-hybridized carbons (Fsp3) is 0.316. The molecule has 0 saturated carbocycles. The van der Waals surface area contributed by atoms with Crippen molar-refractivity contribution in [2.24, 2.45) is 0 Å². The van der Waals surface area contributed by atoms with Crippen molar-refractivity contribution >= 4 is 23.0 Å². The molecule has 2 rings (SSSR count). The first kappa shape index (κ1) is 17.3. The highest BCUT2D eigenvalue weighted by atomic mass is 32.1. The van der Waals surface area contributed by atoms with E-state index in [1.165, 1.54) is 16.7 Å². The Balaban J connectivity index is 2.04. The van der Waals surface area contributed by atoms with Gasteiger partial charge >= 0.3 is 0 Å². The fourth-order valence-electron chi connectivity index (χ4n) is 2.60. The molecule has 0 aliphatic carbocycles. The van der Waals surface area contributed by atoms with Gasteiger partial charge in [-0.2, -0.15) is 0 Å². The summed E-state index contributed by atoms with van der Waals surface area (Å²) < 4.78 is 5.61. The van der Waals surface area contributed by atoms with Gasteiger partial charge < -0.3 is 15.4 Å². The van der Waals surface area contributed by atoms with E-state index in [1.807, 2.05) is 31.2 Å². The van der Waals surface area contributed by atoms with Crippen LogP contribution in [0, 0.1) is 13.8 Å². The molecule has 0 bridgehead atoms. The van der Waals surface area contributed by atoms with Crippen LogP contribution in [0.25, 0.3) is 0 Å². The average Bonchev–Trinajstić information content (AvgIpc) is 2.49. The summed E-state index contributed by atoms with van der Waals surface area (Å²) in [6.07, 6.45) is 0. The zero-order valence-electron chi connectivity index (χ0n) is 14.1. The monoisotopic (exact) mass is 328 g/mol. The summed E-state index contributed by atoms with van der Waals surface area (Å²) in [4.78, 5) is 0. The quantitative estimate of drug-likeness (QED) is 0.776. The van der Waals surface area contributed by atoms with Crippen LogP contribution in [0.1, 0.15) is 36.6 Å². The number of hydrogen-bond donors (Lipinski definition) is 2. The van der Waals surface area contributed by atoms with Crippen LogP contribution in [0.3, 0.4) is 0 Å². The van der Waals surface area contributed by atoms with Gasteiger partial charge in [-0.25, -0.2) is 0 Å². The molecule has 122 valence electrons. The molecule has 0 aliphatic heterocycles. The highest BCUT2D eigenvalue weighted by molar-refractivity contribution is 7.80. The van der Waals surface area contributed by atoms with Gasteiger partial charge in [0, 0.05) is 0 Å². The fourth-order valence-corrected chi connectivity index (χ4v) is 2.88. The van der Waals surface area contributed by atoms with Crippen LogP contribution in [0.5, 0.6) is 5.75 Å². The summed E-state index contributed by atoms with van der Waals surface area (Å²) in [6, 6.07) is 14.4. The maximum Gasteiger partial charge on any atom is 0.171 e. The molecule has 2 aromatic carbocycles. The Morgan fingerprint density at radius 1 is 1.17 bits per heavy atom. The number of benzene rings is 2. The molecule has 0 fully saturated rings. The Labute approximate surface area is 144 Å². The number of anilines is 1. The number of hydrogen-bond acceptors (Lipinski definition) is 2. The van der Waals surface area contributed by atoms with E-state index < -0.39 is 0 Å². The lowest BCUT2D eigenvalue weighted by atomic mass is 10.0. The normalized spacial score (nSPS) is 11.7. The molecule has 0 amide bonds. The van der Waals surface area contributed by atoms with Crippen molar-refractivity contribution < 1.29 is 4.74 Å². The molecule has 23 heavy (non-hydrogen) atoms. The van der Waals surface area contributed by atoms with E-state index in [4.69, 9.17) is 17.0 Å². The van der Waals surface area contributed by atoms with Crippen LogP contribution in [-0.4, -0.2) is 11.7 Å². The molecule has 0 heterocycles. The van der Waals surface area contributed by atoms with Gasteiger partial charge in [-0.3, -0.25) is 0 Å². The van der Waals surface area contributed by atoms with Gasteiger partial charge in [-0.1, -0.05) is 35.9 Å². The zero-order chi connectivity index (χ0) is 16.8. The van der Waals surface area contributed by atoms with Gasteiger partial charge in [0.05, 0.1) is 18.3 Å². The zero-order valence-corrected chi connectivity index (χ0v) is 15.0. The first-order valence-electron chi connectivity index (χ1n) is 7.87. The Kier molecular flexibility index (Phi) is 5.99. The third kappa shape index (κ3) is 4.70. The second kappa shape index (κ2) is 7.97. The lowest BCUT2D eigenvalue weighted by Gasteiger charge is -2.20. The number of rotatable bonds is 5. The summed E-state index contributed by atoms with van der Waals surface area (Å²) in [5.74, 6) is 0.804. The third-order valence-corrected chi connectivity index (χ3v) is 3.89. The first-order valence-corrected chi connectivity index (χ1v) is 8.28. The molecule has 2 aromatic rings. The molecule has 0 unspecified atom stereocenters. The SMILES string of the molecule is CCOc1ccccc1NC(=S)N[C@@H](C)c1ccc(C)cc1C. The Morgan fingerprint density at radius 2 is 1.91 bits per heavy atom. The van der Waals surface area contributed by atoms with Crippen molar-refractivity contribution in [1.82, 2.24) is 5.32 Å². The second-order valence-electron chi connectivity index (χ2n) is 5.61. The lowest BCUT2D eigenvalue weighted by Crippen LogP contribution is -2.31. The summed E-state index contributed by atoms with van der Waals surface area (Å²) in [5.41, 5.74) is 4.66. The minimum atomic E-state index is 0.134. The van der Waals surface area contributed by atoms with Crippen molar-refractivity contribution in [3.63, 3.8) is 0 Å². The second-order valence-corrected chi connectivity index (χ2v) is 6.02. The van der Waals surface area contributed by atoms with E-state index >= 15 is 0 Å². The van der Waals surface area contributed by atoms with Crippen LogP contribution < -0.4 is 15.4 Å². The predicted molar refractivity (Wildman–Crippen MR) is 101 cm³/mol. The van der Waals surface area contributed by atoms with Crippen molar-refractivity contribution in [3.05, 3.63) is 59.2 Å². The smallest absolute Gasteiger partial charge is 0.171 e. The van der Waals surface area contributed by atoms with Gasteiger partial charge in [0.2, 0.25) is 0 Å². The van der Waals surface area contributed by atoms with Crippen molar-refractivity contribution in [3.8, 4) is 5.75 Å². The van der Waals surface area contributed by atoms with E-state index in [9.17, 15) is 0 Å². The molecule has 0 aromatic heterocycles. The van der Waals surface area contributed by atoms with Crippen molar-refractivity contribution in [2.75, 3.05) is 11.9 Å². The average molecular weight is 328 g/mol. The van der Waals surface area contributed by atoms with Gasteiger partial charge in [-0.15, -0.1) is 0 Å². The Morgan fingerprint density at radius 3 is 2.61 bits per heavy atom. The summed E-state index contributed by atoms with van der Waals surface area (Å²) >= 11 is 5.45. The van der Waals surface area contributed by atoms with E-state index in [0.717, 1.165) is 11.4 Å². The van der Waals surface area contributed by atoms with Crippen LogP contribution in [0.15, 0.2) is 42.5 Å². The number of aryl methyl sites for hydroxylation is 2. The minimum Gasteiger partial charge on any atom is -0.492 e. The van der Waals surface area contributed by atoms with Crippen molar-refractivity contribution in [2.45, 2.75) is 33.7 Å². The molecule has 0 aliphatic rings. The molecule has 0 saturated heterocycles. The Hall–Kier alpha value is -2.07. The molecule has 2 N–H and O–H groups in total. The van der Waals surface area contributed by atoms with Crippen LogP contribution in [0.2, 0.25) is 0 Å². The molecule has 3 nitrogen and oxygen atoms in total. The van der Waals surface area contributed by atoms with E-state index in [-0.39, 0.29) is 6.04 Å². The van der Waals surface area contributed by atoms with Crippen LogP contribution >= 0.6 is 12.2 Å². The predicted octanol–water partition coefficient (Wildman–Crippen LogP) is 4.75. The molecule has 0 radical (unpaired) electrons. The maximum absolute atomic E-state index is 5.61. The third-order valence-electron chi connectivity index (χ3n) is 3.67. The van der Waals surface area contributed by atoms with Crippen LogP contribution in [-0.2, 0) is 0 Å². The van der Waals surface area contributed by atoms with Gasteiger partial charge in [0.15, 0.2) is 5.11 Å². The summed E-state index contributed by atoms with van der Waals surface area (Å²) in [7, 11) is 0. The number of ether oxygens (including phenoxy) is 1. The van der Waals surface area contributed by atoms with Crippen LogP contribution in [0.4, 0.5) is 5.69 Å². The Bertz CT molecular complexity index is 685. The van der Waals surface area contributed by atoms with E-state index in [0.29, 0.717) is 11.7 Å². The molecule has 1 atom stereocenters. The van der Waals surface area contributed by atoms with Gasteiger partial charge in [0.1, 0.15) is 5.75 Å². The number of nitrogens with one attached hydrogen (secondary N) is 2. The lowest BCUT2D eigenvalue weighted by molar-refractivity contribution is 0.342. The first-order chi connectivity index (χ1) is 11.0. The van der Waals surface area contributed by atoms with Gasteiger partial charge in [0.25, 0.3) is 0 Å². The minimum absolute atomic E-state index is 0.134. The van der Waals surface area contributed by atoms with Gasteiger partial charge in [-0.05, 0) is 63.2 Å². The topological polar surface area (TPSA) is 33.3 Å².